The van der Waals surface area contributed by atoms with Crippen molar-refractivity contribution in [3.8, 4) is 0 Å². The predicted molar refractivity (Wildman–Crippen MR) is 117 cm³/mol. The number of ether oxygens (including phenoxy) is 1. The van der Waals surface area contributed by atoms with Gasteiger partial charge in [-0.3, -0.25) is 0 Å². The van der Waals surface area contributed by atoms with Gasteiger partial charge in [0, 0.05) is 44.4 Å². The van der Waals surface area contributed by atoms with Crippen LogP contribution in [0.1, 0.15) is 23.2 Å². The Balaban J connectivity index is 1.75. The molecule has 0 bridgehead atoms. The average molecular weight is 463 g/mol. The Labute approximate surface area is 189 Å². The lowest BCUT2D eigenvalue weighted by molar-refractivity contribution is -0.137. The minimum atomic E-state index is -4.50. The second-order valence-electron chi connectivity index (χ2n) is 7.53. The van der Waals surface area contributed by atoms with Crippen molar-refractivity contribution < 1.29 is 27.1 Å². The quantitative estimate of drug-likeness (QED) is 0.324. The van der Waals surface area contributed by atoms with Crippen molar-refractivity contribution in [2.75, 3.05) is 25.6 Å². The van der Waals surface area contributed by atoms with Crippen molar-refractivity contribution >= 4 is 11.7 Å². The lowest BCUT2D eigenvalue weighted by Crippen LogP contribution is -2.36. The topological polar surface area (TPSA) is 46.5 Å². The number of rotatable bonds is 9. The number of nitrogens with zero attached hydrogens (tertiary/aromatic N) is 2. The van der Waals surface area contributed by atoms with Gasteiger partial charge in [0.2, 0.25) is 0 Å². The summed E-state index contributed by atoms with van der Waals surface area (Å²) in [5.74, 6) is -0.331. The summed E-state index contributed by atoms with van der Waals surface area (Å²) in [5.41, 5.74) is 0.791. The van der Waals surface area contributed by atoms with E-state index in [-0.39, 0.29) is 18.0 Å². The maximum Gasteiger partial charge on any atom is 0.416 e. The van der Waals surface area contributed by atoms with Gasteiger partial charge in [0.05, 0.1) is 12.1 Å². The predicted octanol–water partition coefficient (Wildman–Crippen LogP) is 5.76. The number of anilines is 1. The zero-order valence-corrected chi connectivity index (χ0v) is 18.1. The van der Waals surface area contributed by atoms with Gasteiger partial charge in [0.25, 0.3) is 0 Å². The number of urea groups is 1. The summed E-state index contributed by atoms with van der Waals surface area (Å²) in [4.78, 5) is 14.5. The van der Waals surface area contributed by atoms with Crippen molar-refractivity contribution in [2.24, 2.45) is 0 Å². The van der Waals surface area contributed by atoms with Crippen LogP contribution in [0.15, 0.2) is 66.9 Å². The van der Waals surface area contributed by atoms with Gasteiger partial charge < -0.3 is 19.5 Å². The summed E-state index contributed by atoms with van der Waals surface area (Å²) in [6.45, 7) is 1.40. The molecule has 1 N–H and O–H groups in total. The fourth-order valence-electron chi connectivity index (χ4n) is 3.40. The molecule has 0 aliphatic rings. The molecule has 33 heavy (non-hydrogen) atoms. The Bertz CT molecular complexity index is 1070. The van der Waals surface area contributed by atoms with Crippen LogP contribution in [0.3, 0.4) is 0 Å². The standard InChI is InChI=1S/C24H25F4N3O2/c1-33-13-5-12-31(23(32)29-21-9-3-7-19(15-21)24(26,27)28)17-22-10-4-11-30(22)16-18-6-2-8-20(25)14-18/h2-4,6-11,14-15H,5,12-13,16-17H2,1H3,(H,29,32). The smallest absolute Gasteiger partial charge is 0.385 e. The molecule has 3 aromatic rings. The first-order chi connectivity index (χ1) is 15.8. The van der Waals surface area contributed by atoms with E-state index >= 15 is 0 Å². The Morgan fingerprint density at radius 2 is 1.88 bits per heavy atom. The van der Waals surface area contributed by atoms with Gasteiger partial charge in [-0.25, -0.2) is 9.18 Å². The number of amides is 2. The van der Waals surface area contributed by atoms with Gasteiger partial charge in [0.15, 0.2) is 0 Å². The van der Waals surface area contributed by atoms with E-state index in [9.17, 15) is 22.4 Å². The lowest BCUT2D eigenvalue weighted by Gasteiger charge is -2.24. The van der Waals surface area contributed by atoms with E-state index in [1.807, 2.05) is 29.0 Å². The number of aromatic nitrogens is 1. The first kappa shape index (κ1) is 24.3. The zero-order chi connectivity index (χ0) is 23.8. The summed E-state index contributed by atoms with van der Waals surface area (Å²) < 4.78 is 59.5. The van der Waals surface area contributed by atoms with Crippen LogP contribution in [0.4, 0.5) is 28.0 Å². The Morgan fingerprint density at radius 1 is 1.09 bits per heavy atom. The fraction of sp³-hybridized carbons (Fsp3) is 0.292. The highest BCUT2D eigenvalue weighted by Crippen LogP contribution is 2.30. The Morgan fingerprint density at radius 3 is 2.61 bits per heavy atom. The van der Waals surface area contributed by atoms with E-state index in [1.54, 1.807) is 13.2 Å². The van der Waals surface area contributed by atoms with Gasteiger partial charge in [-0.1, -0.05) is 18.2 Å². The molecule has 0 aliphatic carbocycles. The molecule has 1 heterocycles. The van der Waals surface area contributed by atoms with E-state index in [2.05, 4.69) is 5.32 Å². The summed E-state index contributed by atoms with van der Waals surface area (Å²) in [5, 5.41) is 2.56. The SMILES string of the molecule is COCCCN(Cc1cccn1Cc1cccc(F)c1)C(=O)Nc1cccc(C(F)(F)F)c1. The molecule has 0 spiro atoms. The molecule has 0 fully saturated rings. The van der Waals surface area contributed by atoms with Gasteiger partial charge >= 0.3 is 12.2 Å². The van der Waals surface area contributed by atoms with Crippen molar-refractivity contribution in [1.82, 2.24) is 9.47 Å². The number of methoxy groups -OCH3 is 1. The van der Waals surface area contributed by atoms with Crippen molar-refractivity contribution in [3.63, 3.8) is 0 Å². The van der Waals surface area contributed by atoms with E-state index in [4.69, 9.17) is 4.74 Å². The summed E-state index contributed by atoms with van der Waals surface area (Å²) in [6.07, 6.45) is -2.12. The highest BCUT2D eigenvalue weighted by molar-refractivity contribution is 5.89. The van der Waals surface area contributed by atoms with Gasteiger partial charge in [0.1, 0.15) is 5.82 Å². The van der Waals surface area contributed by atoms with Crippen LogP contribution in [0.25, 0.3) is 0 Å². The van der Waals surface area contributed by atoms with E-state index < -0.39 is 17.8 Å². The second kappa shape index (κ2) is 11.0. The summed E-state index contributed by atoms with van der Waals surface area (Å²) in [6, 6.07) is 13.9. The van der Waals surface area contributed by atoms with Crippen LogP contribution >= 0.6 is 0 Å². The van der Waals surface area contributed by atoms with Crippen LogP contribution in [-0.2, 0) is 24.0 Å². The molecule has 176 valence electrons. The monoisotopic (exact) mass is 463 g/mol. The molecule has 3 rings (SSSR count). The number of hydrogen-bond donors (Lipinski definition) is 1. The third-order valence-corrected chi connectivity index (χ3v) is 5.02. The molecule has 0 saturated carbocycles. The third kappa shape index (κ3) is 7.08. The number of alkyl halides is 3. The molecule has 9 heteroatoms. The number of hydrogen-bond acceptors (Lipinski definition) is 2. The molecular weight excluding hydrogens is 438 g/mol. The van der Waals surface area contributed by atoms with E-state index in [0.29, 0.717) is 26.1 Å². The second-order valence-corrected chi connectivity index (χ2v) is 7.53. The Kier molecular flexibility index (Phi) is 8.11. The first-order valence-electron chi connectivity index (χ1n) is 10.4. The van der Waals surface area contributed by atoms with Crippen LogP contribution in [0.2, 0.25) is 0 Å². The Hall–Kier alpha value is -3.33. The van der Waals surface area contributed by atoms with Crippen molar-refractivity contribution in [2.45, 2.75) is 25.7 Å². The van der Waals surface area contributed by atoms with Crippen molar-refractivity contribution in [3.05, 3.63) is 89.5 Å². The minimum Gasteiger partial charge on any atom is -0.385 e. The van der Waals surface area contributed by atoms with Crippen LogP contribution < -0.4 is 5.32 Å². The maximum absolute atomic E-state index is 13.5. The van der Waals surface area contributed by atoms with Crippen LogP contribution in [0.5, 0.6) is 0 Å². The van der Waals surface area contributed by atoms with Crippen molar-refractivity contribution in [1.29, 1.82) is 0 Å². The van der Waals surface area contributed by atoms with E-state index in [1.165, 1.54) is 29.2 Å². The van der Waals surface area contributed by atoms with Gasteiger partial charge in [-0.2, -0.15) is 13.2 Å². The molecule has 0 radical (unpaired) electrons. The molecule has 0 saturated heterocycles. The highest BCUT2D eigenvalue weighted by Gasteiger charge is 2.30. The minimum absolute atomic E-state index is 0.0571. The van der Waals surface area contributed by atoms with Gasteiger partial charge in [-0.05, 0) is 54.4 Å². The third-order valence-electron chi connectivity index (χ3n) is 5.02. The van der Waals surface area contributed by atoms with Crippen LogP contribution in [-0.4, -0.2) is 35.8 Å². The van der Waals surface area contributed by atoms with E-state index in [0.717, 1.165) is 23.4 Å². The number of carbonyl (C=O) groups excluding carboxylic acids is 1. The fourth-order valence-corrected chi connectivity index (χ4v) is 3.40. The lowest BCUT2D eigenvalue weighted by atomic mass is 10.2. The number of benzene rings is 2. The summed E-state index contributed by atoms with van der Waals surface area (Å²) in [7, 11) is 1.55. The molecule has 0 unspecified atom stereocenters. The molecular formula is C24H25F4N3O2. The number of nitrogens with one attached hydrogen (secondary N) is 1. The summed E-state index contributed by atoms with van der Waals surface area (Å²) >= 11 is 0. The van der Waals surface area contributed by atoms with Gasteiger partial charge in [-0.15, -0.1) is 0 Å². The molecule has 2 amide bonds. The average Bonchev–Trinajstić information content (AvgIpc) is 3.19. The maximum atomic E-state index is 13.5. The molecule has 2 aromatic carbocycles. The largest absolute Gasteiger partial charge is 0.416 e. The molecule has 1 aromatic heterocycles. The number of halogens is 4. The normalized spacial score (nSPS) is 11.4. The highest BCUT2D eigenvalue weighted by atomic mass is 19.4. The molecule has 0 atom stereocenters. The number of carbonyl (C=O) groups is 1. The molecule has 0 aliphatic heterocycles. The first-order valence-corrected chi connectivity index (χ1v) is 10.4. The van der Waals surface area contributed by atoms with Crippen LogP contribution in [0, 0.1) is 5.82 Å². The zero-order valence-electron chi connectivity index (χ0n) is 18.1. The molecule has 5 nitrogen and oxygen atoms in total.